The molecule has 1 atom stereocenters. The Morgan fingerprint density at radius 3 is 2.60 bits per heavy atom. The minimum Gasteiger partial charge on any atom is -0.366 e. The van der Waals surface area contributed by atoms with Gasteiger partial charge in [-0.1, -0.05) is 0 Å². The highest BCUT2D eigenvalue weighted by molar-refractivity contribution is 6.05. The lowest BCUT2D eigenvalue weighted by Crippen LogP contribution is -2.24. The van der Waals surface area contributed by atoms with Crippen molar-refractivity contribution in [2.75, 3.05) is 5.32 Å². The molecular weight excluding hydrogens is 413 g/mol. The van der Waals surface area contributed by atoms with Crippen LogP contribution in [0.4, 0.5) is 27.6 Å². The first-order chi connectivity index (χ1) is 13.9. The Kier molecular flexibility index (Phi) is 5.52. The van der Waals surface area contributed by atoms with E-state index in [2.05, 4.69) is 15.4 Å². The van der Waals surface area contributed by atoms with Gasteiger partial charge in [0.1, 0.15) is 11.3 Å². The lowest BCUT2D eigenvalue weighted by atomic mass is 10.1. The number of nitrogens with zero attached hydrogens (tertiary/aromatic N) is 3. The van der Waals surface area contributed by atoms with Crippen LogP contribution in [-0.2, 0) is 12.7 Å². The lowest BCUT2D eigenvalue weighted by molar-refractivity contribution is -0.138. The monoisotopic (exact) mass is 431 g/mol. The number of carbonyl (C=O) groups excluding carboxylic acids is 2. The van der Waals surface area contributed by atoms with Crippen LogP contribution in [0.5, 0.6) is 0 Å². The van der Waals surface area contributed by atoms with Crippen molar-refractivity contribution in [3.63, 3.8) is 0 Å². The van der Waals surface area contributed by atoms with Crippen LogP contribution in [0.1, 0.15) is 51.4 Å². The second-order valence-electron chi connectivity index (χ2n) is 7.23. The third-order valence-corrected chi connectivity index (χ3v) is 4.84. The van der Waals surface area contributed by atoms with Gasteiger partial charge in [0.25, 0.3) is 5.91 Å². The average Bonchev–Trinajstić information content (AvgIpc) is 3.13. The molecule has 2 aromatic rings. The molecule has 0 saturated heterocycles. The molecule has 1 aliphatic rings. The maximum Gasteiger partial charge on any atom is 0.420 e. The Bertz CT molecular complexity index is 986. The summed E-state index contributed by atoms with van der Waals surface area (Å²) in [5.74, 6) is -5.50. The fourth-order valence-corrected chi connectivity index (χ4v) is 3.56. The SMILES string of the molecule is Cc1nn(C[C@H]2CCC(F)(F)C2)c(C(=O)Nc2cncc(C(N)=O)c2)c1C(F)(F)F. The van der Waals surface area contributed by atoms with Gasteiger partial charge >= 0.3 is 6.18 Å². The molecule has 30 heavy (non-hydrogen) atoms. The van der Waals surface area contributed by atoms with Gasteiger partial charge in [-0.05, 0) is 25.3 Å². The van der Waals surface area contributed by atoms with Crippen molar-refractivity contribution in [1.29, 1.82) is 0 Å². The Morgan fingerprint density at radius 2 is 2.03 bits per heavy atom. The van der Waals surface area contributed by atoms with E-state index in [4.69, 9.17) is 5.73 Å². The molecule has 0 bridgehead atoms. The molecule has 162 valence electrons. The smallest absolute Gasteiger partial charge is 0.366 e. The Balaban J connectivity index is 1.95. The van der Waals surface area contributed by atoms with Crippen LogP contribution in [0, 0.1) is 12.8 Å². The molecule has 0 unspecified atom stereocenters. The molecule has 1 saturated carbocycles. The second kappa shape index (κ2) is 7.65. The molecular formula is C18H18F5N5O2. The second-order valence-corrected chi connectivity index (χ2v) is 7.23. The zero-order valence-electron chi connectivity index (χ0n) is 15.8. The topological polar surface area (TPSA) is 103 Å². The predicted octanol–water partition coefficient (Wildman–Crippen LogP) is 3.39. The number of carbonyl (C=O) groups is 2. The van der Waals surface area contributed by atoms with Crippen LogP contribution in [0.2, 0.25) is 0 Å². The van der Waals surface area contributed by atoms with E-state index < -0.39 is 53.2 Å². The van der Waals surface area contributed by atoms with Gasteiger partial charge < -0.3 is 11.1 Å². The molecule has 1 fully saturated rings. The Hall–Kier alpha value is -3.05. The molecule has 0 radical (unpaired) electrons. The van der Waals surface area contributed by atoms with Gasteiger partial charge in [-0.2, -0.15) is 18.3 Å². The molecule has 0 aromatic carbocycles. The molecule has 0 aliphatic heterocycles. The van der Waals surface area contributed by atoms with Crippen LogP contribution >= 0.6 is 0 Å². The summed E-state index contributed by atoms with van der Waals surface area (Å²) in [6.07, 6.45) is -3.37. The zero-order valence-corrected chi connectivity index (χ0v) is 15.8. The normalized spacial score (nSPS) is 18.4. The highest BCUT2D eigenvalue weighted by Gasteiger charge is 2.43. The summed E-state index contributed by atoms with van der Waals surface area (Å²) in [5, 5.41) is 6.04. The van der Waals surface area contributed by atoms with Crippen LogP contribution < -0.4 is 11.1 Å². The van der Waals surface area contributed by atoms with Crippen molar-refractivity contribution < 1.29 is 31.5 Å². The third-order valence-electron chi connectivity index (χ3n) is 4.84. The number of aromatic nitrogens is 3. The van der Waals surface area contributed by atoms with Gasteiger partial charge in [0.05, 0.1) is 23.1 Å². The van der Waals surface area contributed by atoms with Gasteiger partial charge in [0, 0.05) is 25.6 Å². The first-order valence-corrected chi connectivity index (χ1v) is 8.96. The number of halogens is 5. The number of hydrogen-bond acceptors (Lipinski definition) is 4. The maximum atomic E-state index is 13.6. The van der Waals surface area contributed by atoms with Gasteiger partial charge in [-0.3, -0.25) is 19.3 Å². The van der Waals surface area contributed by atoms with Crippen LogP contribution in [-0.4, -0.2) is 32.5 Å². The number of anilines is 1. The van der Waals surface area contributed by atoms with Gasteiger partial charge in [0.15, 0.2) is 0 Å². The Morgan fingerprint density at radius 1 is 1.33 bits per heavy atom. The van der Waals surface area contributed by atoms with Gasteiger partial charge in [-0.15, -0.1) is 0 Å². The third kappa shape index (κ3) is 4.57. The number of rotatable bonds is 5. The van der Waals surface area contributed by atoms with Crippen molar-refractivity contribution in [1.82, 2.24) is 14.8 Å². The fraction of sp³-hybridized carbons (Fsp3) is 0.444. The molecule has 2 heterocycles. The van der Waals surface area contributed by atoms with Crippen LogP contribution in [0.15, 0.2) is 18.5 Å². The summed E-state index contributed by atoms with van der Waals surface area (Å²) < 4.78 is 68.6. The van der Waals surface area contributed by atoms with E-state index in [1.807, 2.05) is 0 Å². The van der Waals surface area contributed by atoms with E-state index in [0.717, 1.165) is 30.1 Å². The molecule has 7 nitrogen and oxygen atoms in total. The lowest BCUT2D eigenvalue weighted by Gasteiger charge is -2.15. The number of nitrogens with two attached hydrogens (primary N) is 1. The molecule has 2 aromatic heterocycles. The quantitative estimate of drug-likeness (QED) is 0.709. The number of aryl methyl sites for hydroxylation is 1. The number of hydrogen-bond donors (Lipinski definition) is 2. The number of nitrogens with one attached hydrogen (secondary N) is 1. The highest BCUT2D eigenvalue weighted by atomic mass is 19.4. The minimum absolute atomic E-state index is 0.0535. The first kappa shape index (κ1) is 21.7. The molecule has 1 aliphatic carbocycles. The summed E-state index contributed by atoms with van der Waals surface area (Å²) in [5.41, 5.74) is 2.54. The number of alkyl halides is 5. The van der Waals surface area contributed by atoms with E-state index >= 15 is 0 Å². The van der Waals surface area contributed by atoms with Crippen molar-refractivity contribution in [3.8, 4) is 0 Å². The van der Waals surface area contributed by atoms with Crippen molar-refractivity contribution >= 4 is 17.5 Å². The summed E-state index contributed by atoms with van der Waals surface area (Å²) in [7, 11) is 0. The molecule has 12 heteroatoms. The zero-order chi connectivity index (χ0) is 22.3. The maximum absolute atomic E-state index is 13.6. The minimum atomic E-state index is -4.89. The summed E-state index contributed by atoms with van der Waals surface area (Å²) in [6.45, 7) is 0.837. The van der Waals surface area contributed by atoms with Crippen LogP contribution in [0.3, 0.4) is 0 Å². The van der Waals surface area contributed by atoms with E-state index in [1.54, 1.807) is 0 Å². The molecule has 3 rings (SSSR count). The van der Waals surface area contributed by atoms with Crippen molar-refractivity contribution in [2.24, 2.45) is 11.7 Å². The van der Waals surface area contributed by atoms with Gasteiger partial charge in [0.2, 0.25) is 11.8 Å². The summed E-state index contributed by atoms with van der Waals surface area (Å²) in [6, 6.07) is 1.16. The molecule has 3 N–H and O–H groups in total. The standard InChI is InChI=1S/C18H18F5N5O2/c1-9-13(18(21,22)23)14(28(27-9)8-10-2-3-17(19,20)5-10)16(30)26-12-4-11(15(24)29)6-25-7-12/h4,6-7,10H,2-3,5,8H2,1H3,(H2,24,29)(H,26,30)/t10-/m0/s1. The predicted molar refractivity (Wildman–Crippen MR) is 95.0 cm³/mol. The van der Waals surface area contributed by atoms with Gasteiger partial charge in [-0.25, -0.2) is 8.78 Å². The highest BCUT2D eigenvalue weighted by Crippen LogP contribution is 2.41. The first-order valence-electron chi connectivity index (χ1n) is 8.96. The fourth-order valence-electron chi connectivity index (χ4n) is 3.56. The molecule has 0 spiro atoms. The van der Waals surface area contributed by atoms with E-state index in [9.17, 15) is 31.5 Å². The van der Waals surface area contributed by atoms with Crippen LogP contribution in [0.25, 0.3) is 0 Å². The van der Waals surface area contributed by atoms with E-state index in [-0.39, 0.29) is 30.6 Å². The number of primary amides is 1. The van der Waals surface area contributed by atoms with Crippen molar-refractivity contribution in [3.05, 3.63) is 41.0 Å². The van der Waals surface area contributed by atoms with Crippen molar-refractivity contribution in [2.45, 2.75) is 44.8 Å². The Labute approximate surface area is 167 Å². The number of pyridine rings is 1. The average molecular weight is 431 g/mol. The largest absolute Gasteiger partial charge is 0.420 e. The van der Waals surface area contributed by atoms with E-state index in [0.29, 0.717) is 0 Å². The summed E-state index contributed by atoms with van der Waals surface area (Å²) >= 11 is 0. The molecule has 2 amide bonds. The summed E-state index contributed by atoms with van der Waals surface area (Å²) in [4.78, 5) is 27.7. The van der Waals surface area contributed by atoms with E-state index in [1.165, 1.54) is 0 Å². The number of amides is 2.